The van der Waals surface area contributed by atoms with E-state index in [9.17, 15) is 9.59 Å². The summed E-state index contributed by atoms with van der Waals surface area (Å²) in [6.07, 6.45) is 0. The third-order valence-electron chi connectivity index (χ3n) is 3.49. The molecule has 0 atom stereocenters. The van der Waals surface area contributed by atoms with Crippen molar-refractivity contribution in [2.75, 3.05) is 26.2 Å². The molecule has 2 rings (SSSR count). The second-order valence-electron chi connectivity index (χ2n) is 4.77. The molecule has 112 valence electrons. The predicted octanol–water partition coefficient (Wildman–Crippen LogP) is 1.86. The van der Waals surface area contributed by atoms with Gasteiger partial charge in [0.25, 0.3) is 5.91 Å². The minimum Gasteiger partial charge on any atom is -0.422 e. The molecule has 0 saturated heterocycles. The summed E-state index contributed by atoms with van der Waals surface area (Å²) >= 11 is 0. The van der Waals surface area contributed by atoms with Crippen LogP contribution < -0.4 is 10.9 Å². The highest BCUT2D eigenvalue weighted by molar-refractivity contribution is 5.96. The molecule has 0 saturated carbocycles. The van der Waals surface area contributed by atoms with E-state index in [0.29, 0.717) is 12.1 Å². The molecule has 1 aromatic carbocycles. The van der Waals surface area contributed by atoms with Crippen molar-refractivity contribution >= 4 is 16.9 Å². The maximum atomic E-state index is 12.1. The molecule has 0 aliphatic heterocycles. The Kier molecular flexibility index (Phi) is 5.11. The third-order valence-corrected chi connectivity index (χ3v) is 3.49. The zero-order valence-electron chi connectivity index (χ0n) is 12.4. The lowest BCUT2D eigenvalue weighted by atomic mass is 10.2. The van der Waals surface area contributed by atoms with Gasteiger partial charge in [0.2, 0.25) is 0 Å². The summed E-state index contributed by atoms with van der Waals surface area (Å²) < 4.78 is 5.16. The van der Waals surface area contributed by atoms with Crippen LogP contribution in [0.5, 0.6) is 0 Å². The first-order chi connectivity index (χ1) is 10.2. The van der Waals surface area contributed by atoms with E-state index < -0.39 is 5.63 Å². The summed E-state index contributed by atoms with van der Waals surface area (Å²) in [7, 11) is 0. The Labute approximate surface area is 123 Å². The number of fused-ring (bicyclic) bond motifs is 1. The van der Waals surface area contributed by atoms with Crippen molar-refractivity contribution in [1.82, 2.24) is 10.2 Å². The summed E-state index contributed by atoms with van der Waals surface area (Å²) in [6.45, 7) is 7.28. The fraction of sp³-hybridized carbons (Fsp3) is 0.375. The molecule has 5 heteroatoms. The summed E-state index contributed by atoms with van der Waals surface area (Å²) in [6, 6.07) is 8.72. The summed E-state index contributed by atoms with van der Waals surface area (Å²) in [5.41, 5.74) is -0.0653. The van der Waals surface area contributed by atoms with E-state index in [4.69, 9.17) is 4.42 Å². The van der Waals surface area contributed by atoms with Crippen LogP contribution in [0.15, 0.2) is 39.5 Å². The average molecular weight is 288 g/mol. The van der Waals surface area contributed by atoms with E-state index >= 15 is 0 Å². The highest BCUT2D eigenvalue weighted by Crippen LogP contribution is 2.12. The van der Waals surface area contributed by atoms with Crippen molar-refractivity contribution in [1.29, 1.82) is 0 Å². The molecule has 1 heterocycles. The molecule has 5 nitrogen and oxygen atoms in total. The fourth-order valence-electron chi connectivity index (χ4n) is 2.18. The maximum absolute atomic E-state index is 12.1. The van der Waals surface area contributed by atoms with Gasteiger partial charge in [-0.3, -0.25) is 4.79 Å². The number of likely N-dealkylation sites (N-methyl/N-ethyl adjacent to an activating group) is 1. The van der Waals surface area contributed by atoms with Gasteiger partial charge in [0.15, 0.2) is 0 Å². The number of para-hydroxylation sites is 1. The first-order valence-corrected chi connectivity index (χ1v) is 7.19. The van der Waals surface area contributed by atoms with Gasteiger partial charge in [-0.25, -0.2) is 4.79 Å². The Morgan fingerprint density at radius 3 is 2.67 bits per heavy atom. The van der Waals surface area contributed by atoms with Crippen molar-refractivity contribution in [3.63, 3.8) is 0 Å². The largest absolute Gasteiger partial charge is 0.422 e. The smallest absolute Gasteiger partial charge is 0.349 e. The highest BCUT2D eigenvalue weighted by Gasteiger charge is 2.13. The van der Waals surface area contributed by atoms with E-state index in [1.807, 2.05) is 12.1 Å². The van der Waals surface area contributed by atoms with Crippen molar-refractivity contribution in [2.45, 2.75) is 13.8 Å². The van der Waals surface area contributed by atoms with Gasteiger partial charge in [0.05, 0.1) is 0 Å². The van der Waals surface area contributed by atoms with Crippen LogP contribution in [-0.2, 0) is 0 Å². The molecule has 21 heavy (non-hydrogen) atoms. The van der Waals surface area contributed by atoms with E-state index in [2.05, 4.69) is 24.1 Å². The van der Waals surface area contributed by atoms with Gasteiger partial charge in [-0.1, -0.05) is 32.0 Å². The topological polar surface area (TPSA) is 62.6 Å². The number of carbonyl (C=O) groups excluding carboxylic acids is 1. The van der Waals surface area contributed by atoms with Crippen LogP contribution in [0, 0.1) is 0 Å². The van der Waals surface area contributed by atoms with Gasteiger partial charge in [0.1, 0.15) is 11.1 Å². The van der Waals surface area contributed by atoms with Crippen LogP contribution in [0.2, 0.25) is 0 Å². The van der Waals surface area contributed by atoms with Crippen LogP contribution in [0.4, 0.5) is 0 Å². The normalized spacial score (nSPS) is 11.0. The molecule has 1 aromatic heterocycles. The molecule has 0 spiro atoms. The summed E-state index contributed by atoms with van der Waals surface area (Å²) in [4.78, 5) is 26.1. The number of carbonyl (C=O) groups is 1. The van der Waals surface area contributed by atoms with Crippen molar-refractivity contribution in [2.24, 2.45) is 0 Å². The molecule has 0 aliphatic rings. The van der Waals surface area contributed by atoms with E-state index in [-0.39, 0.29) is 11.5 Å². The van der Waals surface area contributed by atoms with Crippen LogP contribution in [0.25, 0.3) is 11.0 Å². The van der Waals surface area contributed by atoms with Crippen molar-refractivity contribution in [3.8, 4) is 0 Å². The Balaban J connectivity index is 2.09. The zero-order valence-corrected chi connectivity index (χ0v) is 12.4. The minimum atomic E-state index is -0.603. The number of nitrogens with zero attached hydrogens (tertiary/aromatic N) is 1. The molecule has 0 fully saturated rings. The van der Waals surface area contributed by atoms with Gasteiger partial charge in [-0.05, 0) is 25.2 Å². The zero-order chi connectivity index (χ0) is 15.2. The fourth-order valence-corrected chi connectivity index (χ4v) is 2.18. The maximum Gasteiger partial charge on any atom is 0.349 e. The van der Waals surface area contributed by atoms with E-state index in [0.717, 1.165) is 25.0 Å². The third kappa shape index (κ3) is 3.70. The molecule has 0 aliphatic carbocycles. The van der Waals surface area contributed by atoms with Crippen LogP contribution in [-0.4, -0.2) is 37.0 Å². The molecule has 1 amide bonds. The molecule has 1 N–H and O–H groups in total. The standard InChI is InChI=1S/C16H20N2O3/c1-3-18(4-2)10-9-17-15(19)13-11-12-7-5-6-8-14(12)21-16(13)20/h5-8,11H,3-4,9-10H2,1-2H3,(H,17,19). The number of nitrogens with one attached hydrogen (secondary N) is 1. The lowest BCUT2D eigenvalue weighted by molar-refractivity contribution is 0.0945. The van der Waals surface area contributed by atoms with Gasteiger partial charge in [-0.15, -0.1) is 0 Å². The van der Waals surface area contributed by atoms with Crippen molar-refractivity contribution < 1.29 is 9.21 Å². The predicted molar refractivity (Wildman–Crippen MR) is 82.6 cm³/mol. The average Bonchev–Trinajstić information content (AvgIpc) is 2.50. The van der Waals surface area contributed by atoms with Gasteiger partial charge in [0, 0.05) is 18.5 Å². The van der Waals surface area contributed by atoms with E-state index in [1.54, 1.807) is 18.2 Å². The van der Waals surface area contributed by atoms with Crippen LogP contribution in [0.1, 0.15) is 24.2 Å². The number of benzene rings is 1. The SMILES string of the molecule is CCN(CC)CCNC(=O)c1cc2ccccc2oc1=O. The molecule has 2 aromatic rings. The Hall–Kier alpha value is -2.14. The number of rotatable bonds is 6. The lowest BCUT2D eigenvalue weighted by Crippen LogP contribution is -2.36. The quantitative estimate of drug-likeness (QED) is 0.824. The first-order valence-electron chi connectivity index (χ1n) is 7.19. The second kappa shape index (κ2) is 7.04. The first kappa shape index (κ1) is 15.3. The highest BCUT2D eigenvalue weighted by atomic mass is 16.4. The van der Waals surface area contributed by atoms with Gasteiger partial charge < -0.3 is 14.6 Å². The Morgan fingerprint density at radius 2 is 1.95 bits per heavy atom. The van der Waals surface area contributed by atoms with E-state index in [1.165, 1.54) is 0 Å². The number of hydrogen-bond acceptors (Lipinski definition) is 4. The number of hydrogen-bond donors (Lipinski definition) is 1. The lowest BCUT2D eigenvalue weighted by Gasteiger charge is -2.17. The summed E-state index contributed by atoms with van der Waals surface area (Å²) in [5.74, 6) is -0.387. The molecule has 0 bridgehead atoms. The summed E-state index contributed by atoms with van der Waals surface area (Å²) in [5, 5.41) is 3.50. The van der Waals surface area contributed by atoms with Crippen LogP contribution >= 0.6 is 0 Å². The van der Waals surface area contributed by atoms with Crippen LogP contribution in [0.3, 0.4) is 0 Å². The van der Waals surface area contributed by atoms with Gasteiger partial charge in [-0.2, -0.15) is 0 Å². The molecular weight excluding hydrogens is 268 g/mol. The Bertz CT molecular complexity index is 675. The minimum absolute atomic E-state index is 0.0493. The monoisotopic (exact) mass is 288 g/mol. The molecule has 0 unspecified atom stereocenters. The van der Waals surface area contributed by atoms with Crippen molar-refractivity contribution in [3.05, 3.63) is 46.3 Å². The Morgan fingerprint density at radius 1 is 1.24 bits per heavy atom. The molecular formula is C16H20N2O3. The molecule has 0 radical (unpaired) electrons. The number of amides is 1. The van der Waals surface area contributed by atoms with Gasteiger partial charge >= 0.3 is 5.63 Å². The second-order valence-corrected chi connectivity index (χ2v) is 4.77.